The van der Waals surface area contributed by atoms with Crippen LogP contribution >= 0.6 is 11.3 Å². The summed E-state index contributed by atoms with van der Waals surface area (Å²) in [6.45, 7) is 0.360. The molecule has 156 valence electrons. The maximum absolute atomic E-state index is 11.5. The molecule has 0 aliphatic heterocycles. The Hall–Kier alpha value is -3.64. The van der Waals surface area contributed by atoms with E-state index in [1.807, 2.05) is 60.7 Å². The van der Waals surface area contributed by atoms with Crippen molar-refractivity contribution in [2.45, 2.75) is 6.61 Å². The molecule has 31 heavy (non-hydrogen) atoms. The Morgan fingerprint density at radius 3 is 2.52 bits per heavy atom. The number of carbonyl (C=O) groups is 1. The largest absolute Gasteiger partial charge is 0.493 e. The van der Waals surface area contributed by atoms with Crippen LogP contribution in [0.1, 0.15) is 26.5 Å². The van der Waals surface area contributed by atoms with E-state index >= 15 is 0 Å². The van der Waals surface area contributed by atoms with Crippen LogP contribution in [-0.2, 0) is 11.3 Å². The van der Waals surface area contributed by atoms with Gasteiger partial charge in [-0.05, 0) is 53.6 Å². The molecular weight excluding hydrogens is 410 g/mol. The van der Waals surface area contributed by atoms with Gasteiger partial charge in [0.2, 0.25) is 0 Å². The molecule has 4 rings (SSSR count). The zero-order chi connectivity index (χ0) is 21.6. The van der Waals surface area contributed by atoms with Gasteiger partial charge in [-0.15, -0.1) is 11.3 Å². The third-order valence-electron chi connectivity index (χ3n) is 4.69. The molecule has 0 aliphatic rings. The average Bonchev–Trinajstić information content (AvgIpc) is 3.24. The van der Waals surface area contributed by atoms with Crippen LogP contribution in [-0.4, -0.2) is 25.2 Å². The predicted molar refractivity (Wildman–Crippen MR) is 124 cm³/mol. The molecule has 0 fully saturated rings. The number of thiazole rings is 1. The van der Waals surface area contributed by atoms with E-state index in [0.29, 0.717) is 23.7 Å². The normalized spacial score (nSPS) is 11.0. The molecule has 0 aliphatic carbocycles. The van der Waals surface area contributed by atoms with Crippen molar-refractivity contribution >= 4 is 39.7 Å². The topological polar surface area (TPSA) is 57.7 Å². The second kappa shape index (κ2) is 9.45. The number of aromatic nitrogens is 1. The molecule has 1 heterocycles. The number of rotatable bonds is 7. The number of nitrogens with zero attached hydrogens (tertiary/aromatic N) is 1. The highest BCUT2D eigenvalue weighted by Crippen LogP contribution is 2.30. The molecule has 0 spiro atoms. The van der Waals surface area contributed by atoms with Gasteiger partial charge in [-0.25, -0.2) is 9.78 Å². The van der Waals surface area contributed by atoms with E-state index in [0.717, 1.165) is 21.7 Å². The first-order chi connectivity index (χ1) is 15.2. The Kier molecular flexibility index (Phi) is 6.29. The van der Waals surface area contributed by atoms with E-state index in [4.69, 9.17) is 14.2 Å². The first-order valence-electron chi connectivity index (χ1n) is 9.68. The van der Waals surface area contributed by atoms with Crippen molar-refractivity contribution in [2.24, 2.45) is 0 Å². The lowest BCUT2D eigenvalue weighted by Gasteiger charge is -2.11. The van der Waals surface area contributed by atoms with Gasteiger partial charge in [-0.1, -0.05) is 36.4 Å². The lowest BCUT2D eigenvalue weighted by atomic mass is 10.1. The molecule has 0 amide bonds. The lowest BCUT2D eigenvalue weighted by Crippen LogP contribution is -2.02. The molecule has 1 aromatic heterocycles. The first kappa shape index (κ1) is 20.6. The van der Waals surface area contributed by atoms with Crippen LogP contribution in [0.15, 0.2) is 66.7 Å². The van der Waals surface area contributed by atoms with Gasteiger partial charge in [0.15, 0.2) is 11.5 Å². The molecule has 4 aromatic rings. The number of hydrogen-bond acceptors (Lipinski definition) is 6. The second-order valence-electron chi connectivity index (χ2n) is 6.74. The molecule has 0 bridgehead atoms. The Morgan fingerprint density at radius 2 is 1.77 bits per heavy atom. The Labute approximate surface area is 184 Å². The number of esters is 1. The van der Waals surface area contributed by atoms with Gasteiger partial charge in [0.1, 0.15) is 11.6 Å². The van der Waals surface area contributed by atoms with Crippen molar-refractivity contribution in [3.8, 4) is 11.5 Å². The highest BCUT2D eigenvalue weighted by Gasteiger charge is 2.08. The van der Waals surface area contributed by atoms with E-state index in [1.165, 1.54) is 11.8 Å². The minimum atomic E-state index is -0.358. The van der Waals surface area contributed by atoms with Crippen molar-refractivity contribution < 1.29 is 19.0 Å². The van der Waals surface area contributed by atoms with E-state index < -0.39 is 0 Å². The number of benzene rings is 3. The quantitative estimate of drug-likeness (QED) is 0.344. The third-order valence-corrected chi connectivity index (χ3v) is 5.69. The van der Waals surface area contributed by atoms with Crippen LogP contribution in [0.2, 0.25) is 0 Å². The van der Waals surface area contributed by atoms with Crippen molar-refractivity contribution in [1.29, 1.82) is 0 Å². The zero-order valence-electron chi connectivity index (χ0n) is 17.2. The Balaban J connectivity index is 1.44. The van der Waals surface area contributed by atoms with Gasteiger partial charge in [-0.2, -0.15) is 0 Å². The molecule has 0 saturated heterocycles. The smallest absolute Gasteiger partial charge is 0.337 e. The minimum absolute atomic E-state index is 0.358. The van der Waals surface area contributed by atoms with Gasteiger partial charge < -0.3 is 14.2 Å². The summed E-state index contributed by atoms with van der Waals surface area (Å²) in [5.41, 5.74) is 3.45. The SMILES string of the molecule is COC(=O)c1ccc(COc2ccc(C=Cc3nc4ccccc4s3)cc2OC)cc1. The summed E-state index contributed by atoms with van der Waals surface area (Å²) in [5, 5.41) is 0.955. The molecule has 6 heteroatoms. The Morgan fingerprint density at radius 1 is 0.968 bits per heavy atom. The summed E-state index contributed by atoms with van der Waals surface area (Å²) in [6.07, 6.45) is 4.01. The minimum Gasteiger partial charge on any atom is -0.493 e. The fourth-order valence-electron chi connectivity index (χ4n) is 3.05. The fourth-order valence-corrected chi connectivity index (χ4v) is 3.92. The number of fused-ring (bicyclic) bond motifs is 1. The maximum Gasteiger partial charge on any atom is 0.337 e. The predicted octanol–water partition coefficient (Wildman–Crippen LogP) is 5.84. The van der Waals surface area contributed by atoms with E-state index in [-0.39, 0.29) is 5.97 Å². The lowest BCUT2D eigenvalue weighted by molar-refractivity contribution is 0.0600. The van der Waals surface area contributed by atoms with Gasteiger partial charge in [0.25, 0.3) is 0 Å². The van der Waals surface area contributed by atoms with Crippen LogP contribution < -0.4 is 9.47 Å². The molecule has 3 aromatic carbocycles. The summed E-state index contributed by atoms with van der Waals surface area (Å²) in [7, 11) is 2.98. The monoisotopic (exact) mass is 431 g/mol. The van der Waals surface area contributed by atoms with Crippen LogP contribution in [0.3, 0.4) is 0 Å². The summed E-state index contributed by atoms with van der Waals surface area (Å²) >= 11 is 1.66. The molecule has 0 radical (unpaired) electrons. The van der Waals surface area contributed by atoms with E-state index in [1.54, 1.807) is 30.6 Å². The van der Waals surface area contributed by atoms with Crippen molar-refractivity contribution in [3.63, 3.8) is 0 Å². The standard InChI is InChI=1S/C25H21NO4S/c1-28-22-15-17(10-14-24-26-20-5-3-4-6-23(20)31-24)9-13-21(22)30-16-18-7-11-19(12-8-18)25(27)29-2/h3-15H,16H2,1-2H3. The van der Waals surface area contributed by atoms with Crippen molar-refractivity contribution in [2.75, 3.05) is 14.2 Å². The highest BCUT2D eigenvalue weighted by atomic mass is 32.1. The summed E-state index contributed by atoms with van der Waals surface area (Å²) in [5.74, 6) is 0.943. The summed E-state index contributed by atoms with van der Waals surface area (Å²) in [6, 6.07) is 21.0. The third kappa shape index (κ3) is 4.92. The summed E-state index contributed by atoms with van der Waals surface area (Å²) < 4.78 is 17.3. The molecule has 0 atom stereocenters. The van der Waals surface area contributed by atoms with Crippen molar-refractivity contribution in [1.82, 2.24) is 4.98 Å². The number of para-hydroxylation sites is 1. The van der Waals surface area contributed by atoms with Gasteiger partial charge >= 0.3 is 5.97 Å². The van der Waals surface area contributed by atoms with Crippen LogP contribution in [0.5, 0.6) is 11.5 Å². The molecule has 0 saturated carbocycles. The molecule has 5 nitrogen and oxygen atoms in total. The number of ether oxygens (including phenoxy) is 3. The first-order valence-corrected chi connectivity index (χ1v) is 10.5. The maximum atomic E-state index is 11.5. The van der Waals surface area contributed by atoms with Crippen LogP contribution in [0.4, 0.5) is 0 Å². The summed E-state index contributed by atoms with van der Waals surface area (Å²) in [4.78, 5) is 16.2. The Bertz CT molecular complexity index is 1190. The van der Waals surface area contributed by atoms with Crippen LogP contribution in [0, 0.1) is 0 Å². The van der Waals surface area contributed by atoms with Crippen molar-refractivity contribution in [3.05, 3.63) is 88.4 Å². The number of hydrogen-bond donors (Lipinski definition) is 0. The van der Waals surface area contributed by atoms with E-state index in [9.17, 15) is 4.79 Å². The average molecular weight is 432 g/mol. The van der Waals surface area contributed by atoms with E-state index in [2.05, 4.69) is 11.1 Å². The second-order valence-corrected chi connectivity index (χ2v) is 7.80. The zero-order valence-corrected chi connectivity index (χ0v) is 18.0. The molecule has 0 unspecified atom stereocenters. The van der Waals surface area contributed by atoms with Gasteiger partial charge in [0.05, 0.1) is 30.0 Å². The molecular formula is C25H21NO4S. The molecule has 0 N–H and O–H groups in total. The highest BCUT2D eigenvalue weighted by molar-refractivity contribution is 7.19. The van der Waals surface area contributed by atoms with Gasteiger partial charge in [-0.3, -0.25) is 0 Å². The van der Waals surface area contributed by atoms with Crippen LogP contribution in [0.25, 0.3) is 22.4 Å². The fraction of sp³-hybridized carbons (Fsp3) is 0.120. The number of carbonyl (C=O) groups excluding carboxylic acids is 1. The number of methoxy groups -OCH3 is 2. The van der Waals surface area contributed by atoms with Gasteiger partial charge in [0, 0.05) is 0 Å².